The van der Waals surface area contributed by atoms with Crippen LogP contribution in [0.1, 0.15) is 19.0 Å². The normalized spacial score (nSPS) is 18.4. The fourth-order valence-corrected chi connectivity index (χ4v) is 3.04. The quantitative estimate of drug-likeness (QED) is 0.895. The molecule has 0 aliphatic carbocycles. The Balaban J connectivity index is 2.25. The van der Waals surface area contributed by atoms with Crippen molar-refractivity contribution < 1.29 is 0 Å². The topological polar surface area (TPSA) is 74.0 Å². The second-order valence-corrected chi connectivity index (χ2v) is 5.56. The summed E-state index contributed by atoms with van der Waals surface area (Å²) >= 11 is 0. The smallest absolute Gasteiger partial charge is 0.252 e. The van der Waals surface area contributed by atoms with Gasteiger partial charge in [-0.2, -0.15) is 5.26 Å². The maximum Gasteiger partial charge on any atom is 0.252 e. The van der Waals surface area contributed by atoms with E-state index in [-0.39, 0.29) is 5.56 Å². The highest BCUT2D eigenvalue weighted by Gasteiger charge is 2.24. The van der Waals surface area contributed by atoms with Crippen LogP contribution in [0.4, 0.5) is 5.69 Å². The van der Waals surface area contributed by atoms with E-state index in [0.29, 0.717) is 11.7 Å². The molecule has 0 saturated carbocycles. The molecule has 6 heteroatoms. The number of piperazine rings is 1. The molecule has 0 bridgehead atoms. The summed E-state index contributed by atoms with van der Waals surface area (Å²) in [6.07, 6.45) is 0.988. The predicted octanol–water partition coefficient (Wildman–Crippen LogP) is 0.993. The number of aryl methyl sites for hydroxylation is 1. The van der Waals surface area contributed by atoms with Crippen LogP contribution in [0.25, 0.3) is 11.0 Å². The van der Waals surface area contributed by atoms with Gasteiger partial charge in [0.05, 0.1) is 11.2 Å². The largest absolute Gasteiger partial charge is 0.364 e. The Kier molecular flexibility index (Phi) is 3.82. The van der Waals surface area contributed by atoms with Crippen LogP contribution in [0.3, 0.4) is 0 Å². The van der Waals surface area contributed by atoms with E-state index in [1.165, 1.54) is 0 Å². The van der Waals surface area contributed by atoms with E-state index < -0.39 is 0 Å². The molecule has 0 amide bonds. The Morgan fingerprint density at radius 2 is 2.32 bits per heavy atom. The first-order valence-corrected chi connectivity index (χ1v) is 7.54. The summed E-state index contributed by atoms with van der Waals surface area (Å²) in [5, 5.41) is 12.5. The van der Waals surface area contributed by atoms with Crippen LogP contribution >= 0.6 is 0 Å². The minimum Gasteiger partial charge on any atom is -0.364 e. The van der Waals surface area contributed by atoms with Gasteiger partial charge < -0.3 is 14.8 Å². The number of nitrogens with zero attached hydrogens (tertiary/aromatic N) is 4. The van der Waals surface area contributed by atoms with Gasteiger partial charge in [0.2, 0.25) is 0 Å². The molecule has 3 heterocycles. The third-order valence-corrected chi connectivity index (χ3v) is 4.31. The molecular weight excluding hydrogens is 278 g/mol. The number of rotatable bonds is 2. The van der Waals surface area contributed by atoms with E-state index in [9.17, 15) is 4.79 Å². The number of pyridine rings is 2. The maximum absolute atomic E-state index is 12.3. The molecule has 1 aliphatic rings. The number of nitriles is 1. The van der Waals surface area contributed by atoms with Crippen molar-refractivity contribution in [1.29, 1.82) is 5.26 Å². The van der Waals surface area contributed by atoms with Gasteiger partial charge in [0.1, 0.15) is 17.3 Å². The van der Waals surface area contributed by atoms with Crippen LogP contribution in [-0.2, 0) is 7.05 Å². The molecule has 0 spiro atoms. The highest BCUT2D eigenvalue weighted by Crippen LogP contribution is 2.26. The molecular formula is C16H19N5O. The van der Waals surface area contributed by atoms with Gasteiger partial charge >= 0.3 is 0 Å². The molecule has 1 unspecified atom stereocenters. The number of hydrogen-bond acceptors (Lipinski definition) is 5. The molecule has 1 fully saturated rings. The monoisotopic (exact) mass is 297 g/mol. The molecule has 0 aromatic carbocycles. The van der Waals surface area contributed by atoms with Crippen LogP contribution in [0.15, 0.2) is 23.0 Å². The molecule has 1 saturated heterocycles. The number of hydrogen-bond donors (Lipinski definition) is 1. The molecule has 0 radical (unpaired) electrons. The van der Waals surface area contributed by atoms with Crippen LogP contribution in [0, 0.1) is 11.3 Å². The van der Waals surface area contributed by atoms with E-state index >= 15 is 0 Å². The summed E-state index contributed by atoms with van der Waals surface area (Å²) in [6, 6.07) is 7.51. The lowest BCUT2D eigenvalue weighted by Crippen LogP contribution is -2.51. The van der Waals surface area contributed by atoms with Gasteiger partial charge in [-0.15, -0.1) is 0 Å². The zero-order chi connectivity index (χ0) is 15.7. The van der Waals surface area contributed by atoms with Crippen LogP contribution < -0.4 is 15.8 Å². The minimum absolute atomic E-state index is 0.0533. The van der Waals surface area contributed by atoms with Gasteiger partial charge in [0.15, 0.2) is 0 Å². The Labute approximate surface area is 129 Å². The van der Waals surface area contributed by atoms with Crippen molar-refractivity contribution in [3.8, 4) is 6.07 Å². The third kappa shape index (κ3) is 2.34. The van der Waals surface area contributed by atoms with Crippen molar-refractivity contribution >= 4 is 16.7 Å². The van der Waals surface area contributed by atoms with Crippen LogP contribution in [0.5, 0.6) is 0 Å². The fourth-order valence-electron chi connectivity index (χ4n) is 3.04. The molecule has 2 aromatic heterocycles. The predicted molar refractivity (Wildman–Crippen MR) is 86.0 cm³/mol. The van der Waals surface area contributed by atoms with Crippen molar-refractivity contribution in [3.63, 3.8) is 0 Å². The van der Waals surface area contributed by atoms with Gasteiger partial charge in [-0.1, -0.05) is 6.92 Å². The molecule has 1 aliphatic heterocycles. The third-order valence-electron chi connectivity index (χ3n) is 4.31. The Morgan fingerprint density at radius 3 is 3.05 bits per heavy atom. The van der Waals surface area contributed by atoms with Gasteiger partial charge in [-0.05, 0) is 18.6 Å². The minimum atomic E-state index is -0.0533. The maximum atomic E-state index is 12.3. The zero-order valence-electron chi connectivity index (χ0n) is 12.8. The lowest BCUT2D eigenvalue weighted by atomic mass is 10.1. The summed E-state index contributed by atoms with van der Waals surface area (Å²) in [4.78, 5) is 19.0. The summed E-state index contributed by atoms with van der Waals surface area (Å²) < 4.78 is 1.58. The number of nitrogens with one attached hydrogen (secondary N) is 1. The van der Waals surface area contributed by atoms with Crippen molar-refractivity contribution in [2.75, 3.05) is 24.5 Å². The summed E-state index contributed by atoms with van der Waals surface area (Å²) in [7, 11) is 1.73. The molecule has 114 valence electrons. The SMILES string of the molecule is CCC1CNCCN1c1cc(=O)n(C)c2ccc(C#N)nc12. The van der Waals surface area contributed by atoms with Crippen molar-refractivity contribution in [3.05, 3.63) is 34.2 Å². The number of anilines is 1. The second-order valence-electron chi connectivity index (χ2n) is 5.56. The molecule has 1 N–H and O–H groups in total. The summed E-state index contributed by atoms with van der Waals surface area (Å²) in [5.41, 5.74) is 2.64. The van der Waals surface area contributed by atoms with E-state index in [2.05, 4.69) is 28.2 Å². The van der Waals surface area contributed by atoms with E-state index in [1.54, 1.807) is 29.8 Å². The Morgan fingerprint density at radius 1 is 1.50 bits per heavy atom. The Bertz CT molecular complexity index is 805. The average Bonchev–Trinajstić information content (AvgIpc) is 2.57. The van der Waals surface area contributed by atoms with Crippen molar-refractivity contribution in [1.82, 2.24) is 14.9 Å². The summed E-state index contributed by atoms with van der Waals surface area (Å²) in [6.45, 7) is 4.75. The fraction of sp³-hybridized carbons (Fsp3) is 0.438. The highest BCUT2D eigenvalue weighted by molar-refractivity contribution is 5.88. The zero-order valence-corrected chi connectivity index (χ0v) is 12.8. The van der Waals surface area contributed by atoms with Crippen molar-refractivity contribution in [2.45, 2.75) is 19.4 Å². The molecule has 1 atom stereocenters. The highest BCUT2D eigenvalue weighted by atomic mass is 16.1. The first-order chi connectivity index (χ1) is 10.7. The lowest BCUT2D eigenvalue weighted by molar-refractivity contribution is 0.467. The Hall–Kier alpha value is -2.39. The van der Waals surface area contributed by atoms with Gasteiger partial charge in [0, 0.05) is 38.8 Å². The van der Waals surface area contributed by atoms with Crippen LogP contribution in [-0.4, -0.2) is 35.2 Å². The molecule has 6 nitrogen and oxygen atoms in total. The standard InChI is InChI=1S/C16H19N5O/c1-3-12-10-18-6-7-21(12)14-8-15(22)20(2)13-5-4-11(9-17)19-16(13)14/h4-5,8,12,18H,3,6-7,10H2,1-2H3. The van der Waals surface area contributed by atoms with Gasteiger partial charge in [-0.3, -0.25) is 4.79 Å². The van der Waals surface area contributed by atoms with Crippen LogP contribution in [0.2, 0.25) is 0 Å². The van der Waals surface area contributed by atoms with E-state index in [1.807, 2.05) is 0 Å². The number of fused-ring (bicyclic) bond motifs is 1. The first kappa shape index (κ1) is 14.5. The first-order valence-electron chi connectivity index (χ1n) is 7.54. The summed E-state index contributed by atoms with van der Waals surface area (Å²) in [5.74, 6) is 0. The lowest BCUT2D eigenvalue weighted by Gasteiger charge is -2.37. The van der Waals surface area contributed by atoms with Gasteiger partial charge in [-0.25, -0.2) is 4.98 Å². The van der Waals surface area contributed by atoms with Crippen molar-refractivity contribution in [2.24, 2.45) is 7.05 Å². The van der Waals surface area contributed by atoms with E-state index in [0.717, 1.165) is 42.8 Å². The van der Waals surface area contributed by atoms with Gasteiger partial charge in [0.25, 0.3) is 5.56 Å². The molecule has 22 heavy (non-hydrogen) atoms. The van der Waals surface area contributed by atoms with E-state index in [4.69, 9.17) is 5.26 Å². The molecule has 2 aromatic rings. The number of aromatic nitrogens is 2. The second kappa shape index (κ2) is 5.78. The molecule has 3 rings (SSSR count). The average molecular weight is 297 g/mol.